The van der Waals surface area contributed by atoms with Gasteiger partial charge >= 0.3 is 0 Å². The van der Waals surface area contributed by atoms with E-state index in [0.29, 0.717) is 11.5 Å². The lowest BCUT2D eigenvalue weighted by atomic mass is 9.78. The largest absolute Gasteiger partial charge is 0.355 e. The van der Waals surface area contributed by atoms with Crippen molar-refractivity contribution in [1.82, 2.24) is 25.5 Å². The average Bonchev–Trinajstić information content (AvgIpc) is 3.56. The summed E-state index contributed by atoms with van der Waals surface area (Å²) in [6, 6.07) is 13.6. The number of H-pyrrole nitrogens is 1. The summed E-state index contributed by atoms with van der Waals surface area (Å²) in [5, 5.41) is 12.2. The Morgan fingerprint density at radius 2 is 2.19 bits per heavy atom. The predicted molar refractivity (Wildman–Crippen MR) is 132 cm³/mol. The van der Waals surface area contributed by atoms with E-state index < -0.39 is 0 Å². The standard InChI is InChI=1S/C25H28N6S.H2/c1-2-20-11-21-23(27-16-28-24(21)32-20)31-14-25(15-31)8-6-19(12-25)26-13-17-4-3-5-18(10-17)22-7-9-29-30-22;/h3-5,7,9-11,16,19,26H,2,6,8,12-15H2,1H3,(H,29,30);1H. The molecule has 0 radical (unpaired) electrons. The Hall–Kier alpha value is -2.77. The molecule has 6 rings (SSSR count). The van der Waals surface area contributed by atoms with E-state index in [0.717, 1.165) is 42.4 Å². The fourth-order valence-corrected chi connectivity index (χ4v) is 6.36. The minimum atomic E-state index is 0. The van der Waals surface area contributed by atoms with Gasteiger partial charge in [-0.1, -0.05) is 25.1 Å². The minimum Gasteiger partial charge on any atom is -0.355 e. The summed E-state index contributed by atoms with van der Waals surface area (Å²) in [6.45, 7) is 5.34. The van der Waals surface area contributed by atoms with E-state index in [9.17, 15) is 0 Å². The Bertz CT molecular complexity index is 1230. The second kappa shape index (κ2) is 7.98. The summed E-state index contributed by atoms with van der Waals surface area (Å²) in [5.41, 5.74) is 4.02. The van der Waals surface area contributed by atoms with Gasteiger partial charge in [-0.2, -0.15) is 5.10 Å². The van der Waals surface area contributed by atoms with Crippen LogP contribution in [0.25, 0.3) is 21.5 Å². The third kappa shape index (κ3) is 3.59. The Morgan fingerprint density at radius 3 is 3.03 bits per heavy atom. The van der Waals surface area contributed by atoms with Gasteiger partial charge in [-0.3, -0.25) is 5.10 Å². The van der Waals surface area contributed by atoms with Gasteiger partial charge in [0.1, 0.15) is 17.0 Å². The SMILES string of the molecule is CCc1cc2c(N3CC4(CCC(NCc5cccc(-c6ccn[nH]6)c5)C4)C3)ncnc2s1.[HH]. The van der Waals surface area contributed by atoms with E-state index in [-0.39, 0.29) is 1.43 Å². The molecule has 1 aliphatic heterocycles. The first-order valence-corrected chi connectivity index (χ1v) is 12.3. The van der Waals surface area contributed by atoms with Crippen LogP contribution in [0.3, 0.4) is 0 Å². The van der Waals surface area contributed by atoms with Crippen molar-refractivity contribution in [2.45, 2.75) is 45.2 Å². The zero-order chi connectivity index (χ0) is 21.5. The summed E-state index contributed by atoms with van der Waals surface area (Å²) in [7, 11) is 0. The van der Waals surface area contributed by atoms with E-state index in [1.54, 1.807) is 23.9 Å². The molecule has 166 valence electrons. The van der Waals surface area contributed by atoms with Crippen LogP contribution in [0.2, 0.25) is 0 Å². The van der Waals surface area contributed by atoms with E-state index in [1.165, 1.54) is 40.7 Å². The summed E-state index contributed by atoms with van der Waals surface area (Å²) in [6.07, 6.45) is 8.40. The molecule has 2 fully saturated rings. The number of hydrogen-bond acceptors (Lipinski definition) is 6. The van der Waals surface area contributed by atoms with Crippen molar-refractivity contribution >= 4 is 27.4 Å². The van der Waals surface area contributed by atoms with Crippen LogP contribution in [-0.4, -0.2) is 39.3 Å². The first-order valence-electron chi connectivity index (χ1n) is 11.5. The maximum absolute atomic E-state index is 4.65. The van der Waals surface area contributed by atoms with E-state index in [4.69, 9.17) is 0 Å². The molecule has 4 heterocycles. The number of aromatic amines is 1. The molecule has 1 aromatic carbocycles. The number of anilines is 1. The number of fused-ring (bicyclic) bond motifs is 1. The van der Waals surface area contributed by atoms with E-state index in [1.807, 2.05) is 6.07 Å². The summed E-state index contributed by atoms with van der Waals surface area (Å²) >= 11 is 1.80. The second-order valence-corrected chi connectivity index (χ2v) is 10.4. The zero-order valence-electron chi connectivity index (χ0n) is 18.3. The maximum Gasteiger partial charge on any atom is 0.140 e. The van der Waals surface area contributed by atoms with Crippen molar-refractivity contribution in [1.29, 1.82) is 0 Å². The van der Waals surface area contributed by atoms with Gasteiger partial charge in [-0.25, -0.2) is 9.97 Å². The smallest absolute Gasteiger partial charge is 0.140 e. The van der Waals surface area contributed by atoms with Crippen LogP contribution >= 0.6 is 11.3 Å². The Morgan fingerprint density at radius 1 is 1.25 bits per heavy atom. The molecule has 4 aromatic rings. The number of aryl methyl sites for hydroxylation is 1. The van der Waals surface area contributed by atoms with Gasteiger partial charge in [0.15, 0.2) is 0 Å². The van der Waals surface area contributed by atoms with Gasteiger partial charge in [0.25, 0.3) is 0 Å². The lowest BCUT2D eigenvalue weighted by molar-refractivity contribution is 0.214. The van der Waals surface area contributed by atoms with Gasteiger partial charge < -0.3 is 10.2 Å². The average molecular weight is 447 g/mol. The van der Waals surface area contributed by atoms with Crippen LogP contribution in [0.5, 0.6) is 0 Å². The number of rotatable bonds is 6. The highest BCUT2D eigenvalue weighted by atomic mass is 32.1. The lowest BCUT2D eigenvalue weighted by Crippen LogP contribution is -2.56. The number of nitrogens with one attached hydrogen (secondary N) is 2. The van der Waals surface area contributed by atoms with Crippen LogP contribution in [0.4, 0.5) is 5.82 Å². The predicted octanol–water partition coefficient (Wildman–Crippen LogP) is 5.04. The van der Waals surface area contributed by atoms with Crippen molar-refractivity contribution in [3.05, 3.63) is 59.4 Å². The molecular weight excluding hydrogens is 416 g/mol. The van der Waals surface area contributed by atoms with Crippen LogP contribution in [0, 0.1) is 5.41 Å². The first kappa shape index (κ1) is 19.9. The topological polar surface area (TPSA) is 69.7 Å². The second-order valence-electron chi connectivity index (χ2n) is 9.33. The molecule has 2 aliphatic rings. The van der Waals surface area contributed by atoms with Gasteiger partial charge in [-0.05, 0) is 55.0 Å². The Labute approximate surface area is 193 Å². The van der Waals surface area contributed by atoms with Gasteiger partial charge in [0, 0.05) is 43.6 Å². The molecular formula is C25H30N6S. The number of aromatic nitrogens is 4. The van der Waals surface area contributed by atoms with Gasteiger partial charge in [-0.15, -0.1) is 11.3 Å². The van der Waals surface area contributed by atoms with Crippen LogP contribution in [0.15, 0.2) is 48.9 Å². The third-order valence-corrected chi connectivity index (χ3v) is 8.28. The van der Waals surface area contributed by atoms with Crippen LogP contribution < -0.4 is 10.2 Å². The normalized spacial score (nSPS) is 19.7. The Balaban J connectivity index is 0.00000228. The molecule has 1 saturated carbocycles. The fraction of sp³-hybridized carbons (Fsp3) is 0.400. The molecule has 1 saturated heterocycles. The number of benzene rings is 1. The molecule has 1 aliphatic carbocycles. The molecule has 32 heavy (non-hydrogen) atoms. The summed E-state index contributed by atoms with van der Waals surface area (Å²) in [4.78, 5) is 14.1. The fourth-order valence-electron chi connectivity index (χ4n) is 5.43. The molecule has 3 aromatic heterocycles. The monoisotopic (exact) mass is 446 g/mol. The molecule has 0 amide bonds. The quantitative estimate of drug-likeness (QED) is 0.434. The molecule has 2 N–H and O–H groups in total. The third-order valence-electron chi connectivity index (χ3n) is 7.10. The van der Waals surface area contributed by atoms with Crippen molar-refractivity contribution < 1.29 is 1.43 Å². The zero-order valence-corrected chi connectivity index (χ0v) is 19.2. The number of thiophene rings is 1. The summed E-state index contributed by atoms with van der Waals surface area (Å²) < 4.78 is 0. The molecule has 1 spiro atoms. The van der Waals surface area contributed by atoms with Gasteiger partial charge in [0.2, 0.25) is 0 Å². The number of hydrogen-bond donors (Lipinski definition) is 2. The van der Waals surface area contributed by atoms with E-state index in [2.05, 4.69) is 67.6 Å². The molecule has 1 atom stereocenters. The highest BCUT2D eigenvalue weighted by Crippen LogP contribution is 2.48. The maximum atomic E-state index is 4.65. The van der Waals surface area contributed by atoms with E-state index >= 15 is 0 Å². The highest BCUT2D eigenvalue weighted by molar-refractivity contribution is 7.18. The Kier molecular flexibility index (Phi) is 4.96. The van der Waals surface area contributed by atoms with Crippen molar-refractivity contribution in [2.24, 2.45) is 5.41 Å². The molecule has 0 bridgehead atoms. The van der Waals surface area contributed by atoms with Crippen molar-refractivity contribution in [2.75, 3.05) is 18.0 Å². The van der Waals surface area contributed by atoms with Crippen LogP contribution in [-0.2, 0) is 13.0 Å². The first-order chi connectivity index (χ1) is 15.7. The van der Waals surface area contributed by atoms with Crippen molar-refractivity contribution in [3.63, 3.8) is 0 Å². The van der Waals surface area contributed by atoms with Gasteiger partial charge in [0.05, 0.1) is 11.1 Å². The highest BCUT2D eigenvalue weighted by Gasteiger charge is 2.48. The lowest BCUT2D eigenvalue weighted by Gasteiger charge is -2.49. The number of nitrogens with zero attached hydrogens (tertiary/aromatic N) is 4. The molecule has 6 nitrogen and oxygen atoms in total. The van der Waals surface area contributed by atoms with Crippen LogP contribution in [0.1, 0.15) is 38.1 Å². The summed E-state index contributed by atoms with van der Waals surface area (Å²) in [5.74, 6) is 1.13. The molecule has 7 heteroatoms. The minimum absolute atomic E-state index is 0. The van der Waals surface area contributed by atoms with Crippen molar-refractivity contribution in [3.8, 4) is 11.3 Å². The molecule has 1 unspecified atom stereocenters.